The SMILES string of the molecule is CCc1ccsc1CNS(=O)(=O)c1cc(C)c(Cl)c(N)c1. The van der Waals surface area contributed by atoms with Crippen molar-refractivity contribution >= 4 is 38.6 Å². The van der Waals surface area contributed by atoms with Crippen molar-refractivity contribution in [2.45, 2.75) is 31.7 Å². The summed E-state index contributed by atoms with van der Waals surface area (Å²) in [5.74, 6) is 0. The molecular weight excluding hydrogens is 328 g/mol. The zero-order valence-corrected chi connectivity index (χ0v) is 14.2. The highest BCUT2D eigenvalue weighted by atomic mass is 35.5. The van der Waals surface area contributed by atoms with Crippen LogP contribution in [0.2, 0.25) is 5.02 Å². The average Bonchev–Trinajstić information content (AvgIpc) is 2.89. The Labute approximate surface area is 134 Å². The number of sulfonamides is 1. The summed E-state index contributed by atoms with van der Waals surface area (Å²) in [4.78, 5) is 1.16. The minimum Gasteiger partial charge on any atom is -0.397 e. The molecule has 0 aliphatic rings. The van der Waals surface area contributed by atoms with E-state index in [-0.39, 0.29) is 17.1 Å². The molecule has 2 aromatic rings. The molecule has 21 heavy (non-hydrogen) atoms. The van der Waals surface area contributed by atoms with Crippen LogP contribution >= 0.6 is 22.9 Å². The van der Waals surface area contributed by atoms with Crippen molar-refractivity contribution in [3.63, 3.8) is 0 Å². The molecular formula is C14H17ClN2O2S2. The molecule has 0 saturated heterocycles. The van der Waals surface area contributed by atoms with Crippen LogP contribution in [-0.2, 0) is 23.0 Å². The van der Waals surface area contributed by atoms with Crippen molar-refractivity contribution in [2.24, 2.45) is 0 Å². The first kappa shape index (κ1) is 16.3. The van der Waals surface area contributed by atoms with Crippen molar-refractivity contribution in [3.05, 3.63) is 44.6 Å². The van der Waals surface area contributed by atoms with E-state index in [1.165, 1.54) is 12.1 Å². The van der Waals surface area contributed by atoms with E-state index in [1.54, 1.807) is 18.3 Å². The van der Waals surface area contributed by atoms with E-state index >= 15 is 0 Å². The van der Waals surface area contributed by atoms with Crippen LogP contribution in [0.3, 0.4) is 0 Å². The molecule has 0 spiro atoms. The monoisotopic (exact) mass is 344 g/mol. The Morgan fingerprint density at radius 3 is 2.71 bits per heavy atom. The Kier molecular flexibility index (Phi) is 4.93. The molecule has 0 saturated carbocycles. The summed E-state index contributed by atoms with van der Waals surface area (Å²) in [5, 5.41) is 2.35. The Morgan fingerprint density at radius 2 is 2.10 bits per heavy atom. The first-order chi connectivity index (χ1) is 9.85. The predicted molar refractivity (Wildman–Crippen MR) is 88.3 cm³/mol. The first-order valence-corrected chi connectivity index (χ1v) is 9.19. The van der Waals surface area contributed by atoms with Crippen LogP contribution in [0.4, 0.5) is 5.69 Å². The second-order valence-electron chi connectivity index (χ2n) is 4.69. The van der Waals surface area contributed by atoms with E-state index in [4.69, 9.17) is 17.3 Å². The molecule has 0 atom stereocenters. The van der Waals surface area contributed by atoms with E-state index in [0.29, 0.717) is 10.6 Å². The van der Waals surface area contributed by atoms with E-state index in [1.807, 2.05) is 18.4 Å². The van der Waals surface area contributed by atoms with Crippen LogP contribution in [-0.4, -0.2) is 8.42 Å². The van der Waals surface area contributed by atoms with Gasteiger partial charge in [-0.15, -0.1) is 11.3 Å². The number of rotatable bonds is 5. The highest BCUT2D eigenvalue weighted by Crippen LogP contribution is 2.27. The molecule has 0 radical (unpaired) electrons. The molecule has 0 bridgehead atoms. The van der Waals surface area contributed by atoms with Crippen LogP contribution in [0, 0.1) is 6.92 Å². The molecule has 0 unspecified atom stereocenters. The second-order valence-corrected chi connectivity index (χ2v) is 7.84. The van der Waals surface area contributed by atoms with Gasteiger partial charge in [-0.3, -0.25) is 0 Å². The number of thiophene rings is 1. The van der Waals surface area contributed by atoms with E-state index in [9.17, 15) is 8.42 Å². The van der Waals surface area contributed by atoms with Crippen molar-refractivity contribution < 1.29 is 8.42 Å². The Hall–Kier alpha value is -1.08. The van der Waals surface area contributed by atoms with Crippen LogP contribution in [0.15, 0.2) is 28.5 Å². The van der Waals surface area contributed by atoms with Gasteiger partial charge in [0.2, 0.25) is 10.0 Å². The van der Waals surface area contributed by atoms with Gasteiger partial charge in [-0.2, -0.15) is 0 Å². The van der Waals surface area contributed by atoms with Crippen LogP contribution in [0.1, 0.15) is 22.9 Å². The number of aryl methyl sites for hydroxylation is 2. The maximum absolute atomic E-state index is 12.3. The summed E-state index contributed by atoms with van der Waals surface area (Å²) in [6, 6.07) is 4.92. The second kappa shape index (κ2) is 6.36. The zero-order chi connectivity index (χ0) is 15.6. The molecule has 0 aliphatic carbocycles. The summed E-state index contributed by atoms with van der Waals surface area (Å²) >= 11 is 7.51. The van der Waals surface area contributed by atoms with Gasteiger partial charge in [-0.25, -0.2) is 13.1 Å². The maximum atomic E-state index is 12.3. The summed E-state index contributed by atoms with van der Waals surface area (Å²) in [5.41, 5.74) is 7.80. The van der Waals surface area contributed by atoms with Crippen molar-refractivity contribution in [1.29, 1.82) is 0 Å². The molecule has 1 aromatic heterocycles. The molecule has 114 valence electrons. The lowest BCUT2D eigenvalue weighted by Crippen LogP contribution is -2.23. The molecule has 1 heterocycles. The number of benzene rings is 1. The number of halogens is 1. The third-order valence-electron chi connectivity index (χ3n) is 3.21. The minimum atomic E-state index is -3.61. The lowest BCUT2D eigenvalue weighted by Gasteiger charge is -2.10. The zero-order valence-electron chi connectivity index (χ0n) is 11.8. The molecule has 4 nitrogen and oxygen atoms in total. The van der Waals surface area contributed by atoms with Crippen molar-refractivity contribution in [2.75, 3.05) is 5.73 Å². The Balaban J connectivity index is 2.23. The first-order valence-electron chi connectivity index (χ1n) is 6.45. The molecule has 3 N–H and O–H groups in total. The standard InChI is InChI=1S/C14H17ClN2O2S2/c1-3-10-4-5-20-13(10)8-17-21(18,19)11-6-9(2)14(15)12(16)7-11/h4-7,17H,3,8,16H2,1-2H3. The third kappa shape index (κ3) is 3.58. The largest absolute Gasteiger partial charge is 0.397 e. The molecule has 1 aromatic carbocycles. The van der Waals surface area contributed by atoms with Gasteiger partial charge in [-0.05, 0) is 48.1 Å². The summed E-state index contributed by atoms with van der Waals surface area (Å²) in [7, 11) is -3.61. The van der Waals surface area contributed by atoms with E-state index in [2.05, 4.69) is 4.72 Å². The Bertz CT molecular complexity index is 731. The molecule has 0 fully saturated rings. The smallest absolute Gasteiger partial charge is 0.240 e. The number of nitrogens with two attached hydrogens (primary N) is 1. The van der Waals surface area contributed by atoms with Gasteiger partial charge in [0, 0.05) is 11.4 Å². The number of nitrogen functional groups attached to an aromatic ring is 1. The van der Waals surface area contributed by atoms with Gasteiger partial charge in [0.15, 0.2) is 0 Å². The molecule has 0 amide bonds. The number of anilines is 1. The minimum absolute atomic E-state index is 0.136. The van der Waals surface area contributed by atoms with Crippen LogP contribution in [0.25, 0.3) is 0 Å². The maximum Gasteiger partial charge on any atom is 0.240 e. The van der Waals surface area contributed by atoms with Gasteiger partial charge in [0.05, 0.1) is 15.6 Å². The number of hydrogen-bond acceptors (Lipinski definition) is 4. The van der Waals surface area contributed by atoms with Crippen LogP contribution in [0.5, 0.6) is 0 Å². The fraction of sp³-hybridized carbons (Fsp3) is 0.286. The lowest BCUT2D eigenvalue weighted by atomic mass is 10.2. The highest BCUT2D eigenvalue weighted by molar-refractivity contribution is 7.89. The van der Waals surface area contributed by atoms with E-state index in [0.717, 1.165) is 16.9 Å². The van der Waals surface area contributed by atoms with Gasteiger partial charge < -0.3 is 5.73 Å². The quantitative estimate of drug-likeness (QED) is 0.817. The van der Waals surface area contributed by atoms with Crippen molar-refractivity contribution in [3.8, 4) is 0 Å². The fourth-order valence-electron chi connectivity index (χ4n) is 2.00. The predicted octanol–water partition coefficient (Wildman–Crippen LogP) is 3.33. The summed E-state index contributed by atoms with van der Waals surface area (Å²) < 4.78 is 27.3. The van der Waals surface area contributed by atoms with Crippen molar-refractivity contribution in [1.82, 2.24) is 4.72 Å². The highest BCUT2D eigenvalue weighted by Gasteiger charge is 2.17. The normalized spacial score (nSPS) is 11.8. The summed E-state index contributed by atoms with van der Waals surface area (Å²) in [6.45, 7) is 4.06. The van der Waals surface area contributed by atoms with Crippen LogP contribution < -0.4 is 10.5 Å². The third-order valence-corrected chi connectivity index (χ3v) is 6.07. The molecule has 2 rings (SSSR count). The molecule has 7 heteroatoms. The fourth-order valence-corrected chi connectivity index (χ4v) is 4.23. The molecule has 0 aliphatic heterocycles. The Morgan fingerprint density at radius 1 is 1.38 bits per heavy atom. The topological polar surface area (TPSA) is 72.2 Å². The van der Waals surface area contributed by atoms with Gasteiger partial charge >= 0.3 is 0 Å². The lowest BCUT2D eigenvalue weighted by molar-refractivity contribution is 0.581. The summed E-state index contributed by atoms with van der Waals surface area (Å²) in [6.07, 6.45) is 0.883. The van der Waals surface area contributed by atoms with Gasteiger partial charge in [0.1, 0.15) is 0 Å². The van der Waals surface area contributed by atoms with E-state index < -0.39 is 10.0 Å². The number of hydrogen-bond donors (Lipinski definition) is 2. The average molecular weight is 345 g/mol. The van der Waals surface area contributed by atoms with Gasteiger partial charge in [0.25, 0.3) is 0 Å². The number of nitrogens with one attached hydrogen (secondary N) is 1. The van der Waals surface area contributed by atoms with Gasteiger partial charge in [-0.1, -0.05) is 18.5 Å².